The summed E-state index contributed by atoms with van der Waals surface area (Å²) in [4.78, 5) is 11.9. The van der Waals surface area contributed by atoms with Crippen molar-refractivity contribution in [1.82, 2.24) is 10.2 Å². The molecule has 2 rings (SSSR count). The van der Waals surface area contributed by atoms with Crippen molar-refractivity contribution in [2.75, 3.05) is 12.4 Å². The van der Waals surface area contributed by atoms with Crippen LogP contribution < -0.4 is 0 Å². The summed E-state index contributed by atoms with van der Waals surface area (Å²) < 4.78 is 4.91. The molecule has 2 aromatic rings. The van der Waals surface area contributed by atoms with Gasteiger partial charge in [0.25, 0.3) is 0 Å². The Morgan fingerprint density at radius 3 is 3.11 bits per heavy atom. The van der Waals surface area contributed by atoms with Crippen molar-refractivity contribution in [2.45, 2.75) is 4.90 Å². The quantitative estimate of drug-likeness (QED) is 0.358. The van der Waals surface area contributed by atoms with E-state index in [0.717, 1.165) is 21.9 Å². The van der Waals surface area contributed by atoms with Crippen molar-refractivity contribution < 1.29 is 9.53 Å². The molecular weight excluding hydrogens is 248 g/mol. The Morgan fingerprint density at radius 1 is 1.44 bits per heavy atom. The van der Waals surface area contributed by atoms with Crippen LogP contribution in [-0.4, -0.2) is 28.5 Å². The molecule has 0 aliphatic heterocycles. The second kappa shape index (κ2) is 6.16. The zero-order chi connectivity index (χ0) is 12.8. The minimum Gasteiger partial charge on any atom is -0.462 e. The second-order valence-corrected chi connectivity index (χ2v) is 4.58. The van der Waals surface area contributed by atoms with Crippen LogP contribution in [-0.2, 0) is 9.53 Å². The van der Waals surface area contributed by atoms with Gasteiger partial charge in [-0.3, -0.25) is 0 Å². The fraction of sp³-hybridized carbons (Fsp3) is 0.154. The van der Waals surface area contributed by atoms with Crippen LogP contribution in [0.15, 0.2) is 48.0 Å². The predicted molar refractivity (Wildman–Crippen MR) is 71.4 cm³/mol. The molecule has 0 saturated heterocycles. The zero-order valence-corrected chi connectivity index (χ0v) is 10.5. The highest BCUT2D eigenvalue weighted by atomic mass is 32.2. The van der Waals surface area contributed by atoms with E-state index in [1.165, 1.54) is 0 Å². The van der Waals surface area contributed by atoms with E-state index in [4.69, 9.17) is 4.74 Å². The van der Waals surface area contributed by atoms with Crippen LogP contribution in [0.3, 0.4) is 0 Å². The first kappa shape index (κ1) is 12.6. The third-order valence-electron chi connectivity index (χ3n) is 2.26. The van der Waals surface area contributed by atoms with E-state index < -0.39 is 5.97 Å². The average molecular weight is 260 g/mol. The molecule has 0 spiro atoms. The topological polar surface area (TPSA) is 52.1 Å². The summed E-state index contributed by atoms with van der Waals surface area (Å²) in [6, 6.07) is 7.81. The van der Waals surface area contributed by atoms with Crippen molar-refractivity contribution in [3.8, 4) is 0 Å². The Hall–Kier alpha value is -1.88. The molecule has 0 radical (unpaired) electrons. The van der Waals surface area contributed by atoms with Crippen LogP contribution in [0, 0.1) is 0 Å². The summed E-state index contributed by atoms with van der Waals surface area (Å²) in [6.45, 7) is 3.69. The van der Waals surface area contributed by atoms with Crippen LogP contribution in [0.25, 0.3) is 10.9 Å². The summed E-state index contributed by atoms with van der Waals surface area (Å²) >= 11 is 1.59. The average Bonchev–Trinajstić information content (AvgIpc) is 2.43. The molecule has 18 heavy (non-hydrogen) atoms. The van der Waals surface area contributed by atoms with Gasteiger partial charge in [-0.1, -0.05) is 24.8 Å². The van der Waals surface area contributed by atoms with Crippen molar-refractivity contribution in [3.05, 3.63) is 43.1 Å². The Balaban J connectivity index is 1.99. The third kappa shape index (κ3) is 3.07. The second-order valence-electron chi connectivity index (χ2n) is 3.45. The number of thioether (sulfide) groups is 1. The van der Waals surface area contributed by atoms with Crippen LogP contribution in [0.4, 0.5) is 0 Å². The molecule has 1 aromatic carbocycles. The van der Waals surface area contributed by atoms with Gasteiger partial charge >= 0.3 is 5.97 Å². The molecule has 0 bridgehead atoms. The Bertz CT molecular complexity index is 566. The standard InChI is InChI=1S/C13H12N2O2S/c1-2-13(16)17-7-8-18-12-9-14-15-11-6-4-3-5-10(11)12/h2-6,9H,1,7-8H2. The molecule has 1 heterocycles. The van der Waals surface area contributed by atoms with Crippen molar-refractivity contribution in [3.63, 3.8) is 0 Å². The third-order valence-corrected chi connectivity index (χ3v) is 3.27. The number of nitrogens with zero attached hydrogens (tertiary/aromatic N) is 2. The first-order valence-electron chi connectivity index (χ1n) is 5.43. The number of esters is 1. The summed E-state index contributed by atoms with van der Waals surface area (Å²) in [6.07, 6.45) is 2.89. The van der Waals surface area contributed by atoms with Gasteiger partial charge in [-0.05, 0) is 6.07 Å². The number of carbonyl (C=O) groups excluding carboxylic acids is 1. The lowest BCUT2D eigenvalue weighted by Gasteiger charge is -2.04. The number of ether oxygens (including phenoxy) is 1. The maximum absolute atomic E-state index is 10.9. The number of carbonyl (C=O) groups is 1. The van der Waals surface area contributed by atoms with E-state index in [0.29, 0.717) is 12.4 Å². The minimum atomic E-state index is -0.395. The van der Waals surface area contributed by atoms with E-state index in [1.807, 2.05) is 24.3 Å². The van der Waals surface area contributed by atoms with Crippen LogP contribution in [0.2, 0.25) is 0 Å². The van der Waals surface area contributed by atoms with Gasteiger partial charge in [0, 0.05) is 22.1 Å². The fourth-order valence-electron chi connectivity index (χ4n) is 1.45. The molecule has 0 saturated carbocycles. The number of rotatable bonds is 5. The highest BCUT2D eigenvalue weighted by molar-refractivity contribution is 7.99. The van der Waals surface area contributed by atoms with Gasteiger partial charge in [-0.2, -0.15) is 10.2 Å². The van der Waals surface area contributed by atoms with E-state index in [2.05, 4.69) is 16.8 Å². The lowest BCUT2D eigenvalue weighted by atomic mass is 10.2. The summed E-state index contributed by atoms with van der Waals surface area (Å²) in [5, 5.41) is 9.06. The lowest BCUT2D eigenvalue weighted by Crippen LogP contribution is -2.03. The molecule has 0 amide bonds. The Morgan fingerprint density at radius 2 is 2.28 bits per heavy atom. The first-order valence-corrected chi connectivity index (χ1v) is 6.42. The van der Waals surface area contributed by atoms with E-state index in [9.17, 15) is 4.79 Å². The van der Waals surface area contributed by atoms with Crippen LogP contribution >= 0.6 is 11.8 Å². The molecule has 0 fully saturated rings. The molecule has 92 valence electrons. The fourth-order valence-corrected chi connectivity index (χ4v) is 2.29. The molecule has 5 heteroatoms. The Kier molecular flexibility index (Phi) is 4.30. The summed E-state index contributed by atoms with van der Waals surface area (Å²) in [5.74, 6) is 0.281. The van der Waals surface area contributed by atoms with Gasteiger partial charge in [0.2, 0.25) is 0 Å². The monoisotopic (exact) mass is 260 g/mol. The largest absolute Gasteiger partial charge is 0.462 e. The molecule has 0 unspecified atom stereocenters. The van der Waals surface area contributed by atoms with Gasteiger partial charge in [-0.25, -0.2) is 4.79 Å². The zero-order valence-electron chi connectivity index (χ0n) is 9.70. The van der Waals surface area contributed by atoms with Crippen molar-refractivity contribution in [1.29, 1.82) is 0 Å². The summed E-state index contributed by atoms with van der Waals surface area (Å²) in [7, 11) is 0. The highest BCUT2D eigenvalue weighted by Crippen LogP contribution is 2.25. The van der Waals surface area contributed by atoms with Crippen molar-refractivity contribution in [2.24, 2.45) is 0 Å². The Labute approximate surface area is 109 Å². The molecular formula is C13H12N2O2S. The highest BCUT2D eigenvalue weighted by Gasteiger charge is 2.03. The molecule has 1 aromatic heterocycles. The number of hydrogen-bond donors (Lipinski definition) is 0. The van der Waals surface area contributed by atoms with Gasteiger partial charge in [0.05, 0.1) is 11.7 Å². The lowest BCUT2D eigenvalue weighted by molar-refractivity contribution is -0.137. The van der Waals surface area contributed by atoms with Gasteiger partial charge in [-0.15, -0.1) is 11.8 Å². The number of benzene rings is 1. The van der Waals surface area contributed by atoms with Gasteiger partial charge in [0.1, 0.15) is 6.61 Å². The smallest absolute Gasteiger partial charge is 0.330 e. The summed E-state index contributed by atoms with van der Waals surface area (Å²) in [5.41, 5.74) is 0.866. The van der Waals surface area contributed by atoms with E-state index >= 15 is 0 Å². The molecule has 0 aliphatic rings. The van der Waals surface area contributed by atoms with E-state index in [-0.39, 0.29) is 0 Å². The molecule has 0 atom stereocenters. The maximum atomic E-state index is 10.9. The van der Waals surface area contributed by atoms with Crippen LogP contribution in [0.5, 0.6) is 0 Å². The number of hydrogen-bond acceptors (Lipinski definition) is 5. The van der Waals surface area contributed by atoms with E-state index in [1.54, 1.807) is 18.0 Å². The van der Waals surface area contributed by atoms with Crippen molar-refractivity contribution >= 4 is 28.6 Å². The normalized spacial score (nSPS) is 10.2. The maximum Gasteiger partial charge on any atom is 0.330 e. The van der Waals surface area contributed by atoms with Crippen LogP contribution in [0.1, 0.15) is 0 Å². The van der Waals surface area contributed by atoms with Gasteiger partial charge < -0.3 is 4.74 Å². The molecule has 4 nitrogen and oxygen atoms in total. The van der Waals surface area contributed by atoms with Gasteiger partial charge in [0.15, 0.2) is 0 Å². The molecule has 0 N–H and O–H groups in total. The minimum absolute atomic E-state index is 0.353. The number of fused-ring (bicyclic) bond motifs is 1. The molecule has 0 aliphatic carbocycles. The SMILES string of the molecule is C=CC(=O)OCCSc1cnnc2ccccc12. The number of aromatic nitrogens is 2. The first-order chi connectivity index (χ1) is 8.81. The predicted octanol–water partition coefficient (Wildman–Crippen LogP) is 2.45.